The molecule has 251 valence electrons. The topological polar surface area (TPSA) is 63.1 Å². The predicted octanol–water partition coefficient (Wildman–Crippen LogP) is 10.9. The maximum Gasteiger partial charge on any atom is 0.394 e. The van der Waals surface area contributed by atoms with Crippen LogP contribution in [0.5, 0.6) is 0 Å². The molecule has 0 aliphatic rings. The van der Waals surface area contributed by atoms with Crippen molar-refractivity contribution in [2.75, 3.05) is 0 Å². The minimum absolute atomic E-state index is 0. The fraction of sp³-hybridized carbons (Fsp3) is 0.447. The summed E-state index contributed by atoms with van der Waals surface area (Å²) in [5, 5.41) is 13.5. The van der Waals surface area contributed by atoms with Gasteiger partial charge in [-0.3, -0.25) is 9.78 Å². The Kier molecular flexibility index (Phi) is 14.1. The van der Waals surface area contributed by atoms with Gasteiger partial charge in [0.1, 0.15) is 0 Å². The molecule has 4 nitrogen and oxygen atoms in total. The van der Waals surface area contributed by atoms with E-state index in [4.69, 9.17) is 0 Å². The zero-order valence-corrected chi connectivity index (χ0v) is 30.5. The van der Waals surface area contributed by atoms with Crippen molar-refractivity contribution in [1.29, 1.82) is 0 Å². The molecule has 0 amide bonds. The summed E-state index contributed by atoms with van der Waals surface area (Å²) in [6.45, 7) is 14.5. The van der Waals surface area contributed by atoms with E-state index in [2.05, 4.69) is 28.2 Å². The molecular weight excluding hydrogens is 766 g/mol. The van der Waals surface area contributed by atoms with E-state index in [1.54, 1.807) is 18.5 Å². The first-order valence-corrected chi connectivity index (χ1v) is 15.8. The smallest absolute Gasteiger partial charge is 0.394 e. The van der Waals surface area contributed by atoms with Crippen LogP contribution < -0.4 is 0 Å². The van der Waals surface area contributed by atoms with Gasteiger partial charge >= 0.3 is 6.18 Å². The number of rotatable bonds is 10. The molecule has 4 aromatic rings. The van der Waals surface area contributed by atoms with Gasteiger partial charge in [0.2, 0.25) is 0 Å². The van der Waals surface area contributed by atoms with Crippen LogP contribution in [0.2, 0.25) is 0 Å². The van der Waals surface area contributed by atoms with Crippen LogP contribution >= 0.6 is 0 Å². The first-order chi connectivity index (χ1) is 21.1. The number of pyridine rings is 2. The second kappa shape index (κ2) is 16.6. The zero-order valence-electron chi connectivity index (χ0n) is 28.1. The Morgan fingerprint density at radius 2 is 1.52 bits per heavy atom. The Hall–Kier alpha value is -3.09. The monoisotopic (exact) mass is 812 g/mol. The number of nitrogens with zero attached hydrogens (tertiary/aromatic N) is 2. The van der Waals surface area contributed by atoms with E-state index in [0.717, 1.165) is 69.6 Å². The number of fused-ring (bicyclic) bond motifs is 3. The summed E-state index contributed by atoms with van der Waals surface area (Å²) in [4.78, 5) is 20.7. The summed E-state index contributed by atoms with van der Waals surface area (Å²) < 4.78 is 39.8. The third-order valence-electron chi connectivity index (χ3n) is 8.58. The molecule has 4 rings (SSSR count). The van der Waals surface area contributed by atoms with Gasteiger partial charge in [-0.05, 0) is 59.7 Å². The van der Waals surface area contributed by atoms with Crippen molar-refractivity contribution in [1.82, 2.24) is 9.97 Å². The number of halogens is 3. The van der Waals surface area contributed by atoms with E-state index in [-0.39, 0.29) is 49.9 Å². The number of aryl methyl sites for hydroxylation is 2. The van der Waals surface area contributed by atoms with Crippen LogP contribution in [0.1, 0.15) is 84.0 Å². The molecule has 46 heavy (non-hydrogen) atoms. The van der Waals surface area contributed by atoms with Crippen molar-refractivity contribution >= 4 is 27.3 Å². The van der Waals surface area contributed by atoms with E-state index >= 15 is 0 Å². The molecule has 8 heteroatoms. The van der Waals surface area contributed by atoms with E-state index < -0.39 is 11.6 Å². The summed E-state index contributed by atoms with van der Waals surface area (Å²) in [7, 11) is 0. The fourth-order valence-electron chi connectivity index (χ4n) is 5.60. The number of allylic oxidation sites excluding steroid dienone is 2. The average molecular weight is 812 g/mol. The Bertz CT molecular complexity index is 1640. The van der Waals surface area contributed by atoms with Crippen molar-refractivity contribution in [3.05, 3.63) is 83.5 Å². The third kappa shape index (κ3) is 9.48. The minimum Gasteiger partial charge on any atom is -0.512 e. The maximum atomic E-state index is 13.3. The zero-order chi connectivity index (χ0) is 33.5. The number of benzene rings is 2. The number of aliphatic hydroxyl groups is 1. The Balaban J connectivity index is 0.000000394. The number of ketones is 1. The molecule has 0 aliphatic carbocycles. The van der Waals surface area contributed by atoms with E-state index in [1.165, 1.54) is 19.9 Å². The second-order valence-electron chi connectivity index (χ2n) is 12.5. The summed E-state index contributed by atoms with van der Waals surface area (Å²) in [5.74, 6) is 0.547. The molecule has 0 unspecified atom stereocenters. The number of alkyl halides is 3. The standard InChI is InChI=1S/C25H22F3N2.C13H24O2.Ir/c1-15-9-16(2)11-18(10-15)23-21-6-5-17-12-19(13-24(3,4)25(26,27)28)30-14-22(17)20(21)7-8-29-23;1-5-10(6-2)12(14)9-13(15)11(7-3)8-4;/h5-10,12,14H,13H2,1-4H3;9-11,14H,5-8H2,1-4H3;/q-1;;. The quantitative estimate of drug-likeness (QED) is 0.0750. The van der Waals surface area contributed by atoms with Crippen LogP contribution in [0.3, 0.4) is 0 Å². The van der Waals surface area contributed by atoms with Gasteiger partial charge in [0.25, 0.3) is 0 Å². The van der Waals surface area contributed by atoms with Gasteiger partial charge in [0, 0.05) is 67.9 Å². The van der Waals surface area contributed by atoms with Crippen LogP contribution in [0, 0.1) is 37.2 Å². The third-order valence-corrected chi connectivity index (χ3v) is 8.58. The summed E-state index contributed by atoms with van der Waals surface area (Å²) in [6, 6.07) is 15.1. The predicted molar refractivity (Wildman–Crippen MR) is 178 cm³/mol. The Morgan fingerprint density at radius 1 is 0.891 bits per heavy atom. The second-order valence-corrected chi connectivity index (χ2v) is 12.5. The Morgan fingerprint density at radius 3 is 2.09 bits per heavy atom. The van der Waals surface area contributed by atoms with Gasteiger partial charge in [-0.15, -0.1) is 34.9 Å². The molecule has 0 bridgehead atoms. The van der Waals surface area contributed by atoms with Gasteiger partial charge in [0.05, 0.1) is 11.2 Å². The van der Waals surface area contributed by atoms with Crippen molar-refractivity contribution in [3.8, 4) is 11.3 Å². The van der Waals surface area contributed by atoms with Gasteiger partial charge in [-0.25, -0.2) is 0 Å². The van der Waals surface area contributed by atoms with Crippen LogP contribution in [0.4, 0.5) is 13.2 Å². The first kappa shape index (κ1) is 39.1. The minimum atomic E-state index is -4.28. The summed E-state index contributed by atoms with van der Waals surface area (Å²) in [5.41, 5.74) is 2.54. The molecule has 0 fully saturated rings. The van der Waals surface area contributed by atoms with Gasteiger partial charge in [-0.2, -0.15) is 13.2 Å². The van der Waals surface area contributed by atoms with Gasteiger partial charge < -0.3 is 10.1 Å². The van der Waals surface area contributed by atoms with E-state index in [1.807, 2.05) is 59.7 Å². The van der Waals surface area contributed by atoms with Crippen LogP contribution in [-0.2, 0) is 31.3 Å². The number of aromatic nitrogens is 2. The SMILES string of the molecule is CCC(CC)C(=O)C=C(O)C(CC)CC.Cc1[c-]c(-c2nccc3c2ccc2cc(CC(C)(C)C(F)(F)F)ncc23)cc(C)c1.[Ir]. The molecule has 0 atom stereocenters. The number of carbonyl (C=O) groups excluding carboxylic acids is 1. The van der Waals surface area contributed by atoms with Crippen LogP contribution in [-0.4, -0.2) is 27.0 Å². The molecule has 0 aliphatic heterocycles. The molecule has 0 saturated heterocycles. The molecule has 2 aromatic heterocycles. The van der Waals surface area contributed by atoms with E-state index in [9.17, 15) is 23.1 Å². The number of carbonyl (C=O) groups is 1. The maximum absolute atomic E-state index is 13.3. The van der Waals surface area contributed by atoms with Crippen molar-refractivity contribution in [3.63, 3.8) is 0 Å². The van der Waals surface area contributed by atoms with E-state index in [0.29, 0.717) is 5.69 Å². The molecular formula is C38H46F3IrN2O2-. The molecule has 0 saturated carbocycles. The molecule has 1 radical (unpaired) electrons. The number of hydrogen-bond acceptors (Lipinski definition) is 4. The van der Waals surface area contributed by atoms with Crippen molar-refractivity contribution in [2.24, 2.45) is 17.3 Å². The Labute approximate surface area is 285 Å². The molecule has 2 aromatic carbocycles. The van der Waals surface area contributed by atoms with Gasteiger partial charge in [-0.1, -0.05) is 67.5 Å². The van der Waals surface area contributed by atoms with Crippen LogP contribution in [0.25, 0.3) is 32.8 Å². The van der Waals surface area contributed by atoms with Crippen molar-refractivity contribution in [2.45, 2.75) is 93.7 Å². The largest absolute Gasteiger partial charge is 0.512 e. The normalized spacial score (nSPS) is 12.3. The number of aliphatic hydroxyl groups excluding tert-OH is 1. The fourth-order valence-corrected chi connectivity index (χ4v) is 5.60. The summed E-state index contributed by atoms with van der Waals surface area (Å²) in [6.07, 6.45) is 3.89. The first-order valence-electron chi connectivity index (χ1n) is 15.8. The van der Waals surface area contributed by atoms with Gasteiger partial charge in [0.15, 0.2) is 5.78 Å². The van der Waals surface area contributed by atoms with Crippen molar-refractivity contribution < 1.29 is 43.2 Å². The average Bonchev–Trinajstić information content (AvgIpc) is 2.97. The summed E-state index contributed by atoms with van der Waals surface area (Å²) >= 11 is 0. The molecule has 1 N–H and O–H groups in total. The number of hydrogen-bond donors (Lipinski definition) is 1. The molecule has 0 spiro atoms. The molecule has 2 heterocycles. The van der Waals surface area contributed by atoms with Crippen LogP contribution in [0.15, 0.2) is 60.6 Å².